The lowest BCUT2D eigenvalue weighted by Crippen LogP contribution is -2.27. The van der Waals surface area contributed by atoms with Gasteiger partial charge in [0.1, 0.15) is 12.2 Å². The van der Waals surface area contributed by atoms with Crippen molar-refractivity contribution >= 4 is 0 Å². The topological polar surface area (TPSA) is 56.7 Å². The molecular formula is C11H22N4. The third-order valence-corrected chi connectivity index (χ3v) is 2.69. The van der Waals surface area contributed by atoms with Crippen molar-refractivity contribution in [2.75, 3.05) is 0 Å². The van der Waals surface area contributed by atoms with Crippen LogP contribution in [0.25, 0.3) is 0 Å². The third kappa shape index (κ3) is 3.30. The van der Waals surface area contributed by atoms with Gasteiger partial charge in [-0.3, -0.25) is 0 Å². The predicted molar refractivity (Wildman–Crippen MR) is 61.5 cm³/mol. The SMILES string of the molecule is CC(C)C(N)CCc1ncnn1C(C)C. The fourth-order valence-corrected chi connectivity index (χ4v) is 1.51. The van der Waals surface area contributed by atoms with Crippen LogP contribution in [0.5, 0.6) is 0 Å². The number of rotatable bonds is 5. The van der Waals surface area contributed by atoms with Crippen LogP contribution < -0.4 is 5.73 Å². The maximum absolute atomic E-state index is 6.00. The summed E-state index contributed by atoms with van der Waals surface area (Å²) in [5.41, 5.74) is 6.00. The van der Waals surface area contributed by atoms with Crippen molar-refractivity contribution < 1.29 is 0 Å². The number of nitrogens with two attached hydrogens (primary N) is 1. The minimum absolute atomic E-state index is 0.252. The minimum Gasteiger partial charge on any atom is -0.327 e. The van der Waals surface area contributed by atoms with Crippen LogP contribution in [0.4, 0.5) is 0 Å². The molecule has 1 unspecified atom stereocenters. The van der Waals surface area contributed by atoms with Crippen LogP contribution in [0.15, 0.2) is 6.33 Å². The molecule has 2 N–H and O–H groups in total. The summed E-state index contributed by atoms with van der Waals surface area (Å²) in [6.45, 7) is 8.52. The second kappa shape index (κ2) is 5.26. The van der Waals surface area contributed by atoms with Crippen LogP contribution in [0.3, 0.4) is 0 Å². The summed E-state index contributed by atoms with van der Waals surface area (Å²) in [6, 6.07) is 0.625. The molecule has 0 fully saturated rings. The largest absolute Gasteiger partial charge is 0.327 e. The number of hydrogen-bond donors (Lipinski definition) is 1. The van der Waals surface area contributed by atoms with Crippen LogP contribution >= 0.6 is 0 Å². The molecule has 1 rings (SSSR count). The lowest BCUT2D eigenvalue weighted by molar-refractivity contribution is 0.442. The molecule has 1 atom stereocenters. The van der Waals surface area contributed by atoms with Gasteiger partial charge >= 0.3 is 0 Å². The van der Waals surface area contributed by atoms with E-state index in [4.69, 9.17) is 5.73 Å². The summed E-state index contributed by atoms with van der Waals surface area (Å²) in [5.74, 6) is 1.57. The fraction of sp³-hybridized carbons (Fsp3) is 0.818. The average molecular weight is 210 g/mol. The van der Waals surface area contributed by atoms with E-state index in [1.165, 1.54) is 0 Å². The molecule has 1 heterocycles. The van der Waals surface area contributed by atoms with Gasteiger partial charge in [-0.25, -0.2) is 9.67 Å². The molecule has 0 aromatic carbocycles. The quantitative estimate of drug-likeness (QED) is 0.806. The van der Waals surface area contributed by atoms with E-state index in [2.05, 4.69) is 37.8 Å². The van der Waals surface area contributed by atoms with Gasteiger partial charge in [-0.15, -0.1) is 0 Å². The van der Waals surface area contributed by atoms with E-state index >= 15 is 0 Å². The van der Waals surface area contributed by atoms with Gasteiger partial charge < -0.3 is 5.73 Å². The van der Waals surface area contributed by atoms with Crippen molar-refractivity contribution in [3.63, 3.8) is 0 Å². The molecule has 0 saturated heterocycles. The van der Waals surface area contributed by atoms with Crippen molar-refractivity contribution in [2.45, 2.75) is 52.6 Å². The van der Waals surface area contributed by atoms with Crippen LogP contribution in [-0.2, 0) is 6.42 Å². The van der Waals surface area contributed by atoms with Crippen LogP contribution in [0.2, 0.25) is 0 Å². The molecule has 0 aliphatic carbocycles. The zero-order valence-electron chi connectivity index (χ0n) is 10.1. The van der Waals surface area contributed by atoms with Gasteiger partial charge in [0.15, 0.2) is 0 Å². The van der Waals surface area contributed by atoms with Gasteiger partial charge in [0.2, 0.25) is 0 Å². The molecule has 0 radical (unpaired) electrons. The highest BCUT2D eigenvalue weighted by Crippen LogP contribution is 2.10. The Bertz CT molecular complexity index is 291. The smallest absolute Gasteiger partial charge is 0.138 e. The van der Waals surface area contributed by atoms with Gasteiger partial charge in [-0.05, 0) is 26.2 Å². The maximum Gasteiger partial charge on any atom is 0.138 e. The van der Waals surface area contributed by atoms with Crippen molar-refractivity contribution in [3.8, 4) is 0 Å². The van der Waals surface area contributed by atoms with E-state index < -0.39 is 0 Å². The van der Waals surface area contributed by atoms with E-state index in [0.717, 1.165) is 18.7 Å². The van der Waals surface area contributed by atoms with Gasteiger partial charge in [-0.1, -0.05) is 13.8 Å². The maximum atomic E-state index is 6.00. The first kappa shape index (κ1) is 12.2. The second-order valence-corrected chi connectivity index (χ2v) is 4.66. The Hall–Kier alpha value is -0.900. The van der Waals surface area contributed by atoms with Gasteiger partial charge in [0.25, 0.3) is 0 Å². The highest BCUT2D eigenvalue weighted by Gasteiger charge is 2.11. The molecule has 0 spiro atoms. The molecular weight excluding hydrogens is 188 g/mol. The summed E-state index contributed by atoms with van der Waals surface area (Å²) in [5, 5.41) is 4.20. The Labute approximate surface area is 91.9 Å². The number of hydrogen-bond acceptors (Lipinski definition) is 3. The summed E-state index contributed by atoms with van der Waals surface area (Å²) >= 11 is 0. The number of nitrogens with zero attached hydrogens (tertiary/aromatic N) is 3. The number of aromatic nitrogens is 3. The zero-order valence-corrected chi connectivity index (χ0v) is 10.1. The molecule has 15 heavy (non-hydrogen) atoms. The first-order chi connectivity index (χ1) is 7.02. The van der Waals surface area contributed by atoms with Crippen LogP contribution in [0.1, 0.15) is 46.0 Å². The van der Waals surface area contributed by atoms with E-state index in [9.17, 15) is 0 Å². The molecule has 1 aromatic heterocycles. The predicted octanol–water partition coefficient (Wildman–Crippen LogP) is 1.77. The van der Waals surface area contributed by atoms with E-state index in [0.29, 0.717) is 12.0 Å². The summed E-state index contributed by atoms with van der Waals surface area (Å²) in [4.78, 5) is 4.27. The van der Waals surface area contributed by atoms with Crippen molar-refractivity contribution in [1.29, 1.82) is 0 Å². The Morgan fingerprint density at radius 3 is 2.53 bits per heavy atom. The highest BCUT2D eigenvalue weighted by atomic mass is 15.3. The monoisotopic (exact) mass is 210 g/mol. The molecule has 0 bridgehead atoms. The molecule has 4 heteroatoms. The molecule has 4 nitrogen and oxygen atoms in total. The summed E-state index contributed by atoms with van der Waals surface area (Å²) in [6.07, 6.45) is 3.51. The second-order valence-electron chi connectivity index (χ2n) is 4.66. The fourth-order valence-electron chi connectivity index (χ4n) is 1.51. The Balaban J connectivity index is 2.54. The van der Waals surface area contributed by atoms with Gasteiger partial charge in [0.05, 0.1) is 0 Å². The van der Waals surface area contributed by atoms with Crippen LogP contribution in [0, 0.1) is 5.92 Å². The van der Waals surface area contributed by atoms with Gasteiger partial charge in [0, 0.05) is 18.5 Å². The zero-order chi connectivity index (χ0) is 11.4. The normalized spacial score (nSPS) is 13.8. The first-order valence-electron chi connectivity index (χ1n) is 5.66. The molecule has 1 aromatic rings. The summed E-state index contributed by atoms with van der Waals surface area (Å²) in [7, 11) is 0. The average Bonchev–Trinajstić information content (AvgIpc) is 2.61. The summed E-state index contributed by atoms with van der Waals surface area (Å²) < 4.78 is 1.97. The molecule has 0 amide bonds. The van der Waals surface area contributed by atoms with Crippen LogP contribution in [-0.4, -0.2) is 20.8 Å². The van der Waals surface area contributed by atoms with Crippen molar-refractivity contribution in [1.82, 2.24) is 14.8 Å². The molecule has 0 saturated carbocycles. The Morgan fingerprint density at radius 1 is 1.33 bits per heavy atom. The van der Waals surface area contributed by atoms with E-state index in [1.807, 2.05) is 4.68 Å². The third-order valence-electron chi connectivity index (χ3n) is 2.69. The van der Waals surface area contributed by atoms with Gasteiger partial charge in [-0.2, -0.15) is 5.10 Å². The molecule has 0 aliphatic heterocycles. The van der Waals surface area contributed by atoms with Crippen molar-refractivity contribution in [2.24, 2.45) is 11.7 Å². The standard InChI is InChI=1S/C11H22N4/c1-8(2)10(12)5-6-11-13-7-14-15(11)9(3)4/h7-10H,5-6,12H2,1-4H3. The molecule has 0 aliphatic rings. The Morgan fingerprint density at radius 2 is 2.00 bits per heavy atom. The number of aryl methyl sites for hydroxylation is 1. The highest BCUT2D eigenvalue weighted by molar-refractivity contribution is 4.88. The van der Waals surface area contributed by atoms with E-state index in [1.54, 1.807) is 6.33 Å². The van der Waals surface area contributed by atoms with Crippen molar-refractivity contribution in [3.05, 3.63) is 12.2 Å². The molecule has 86 valence electrons. The first-order valence-corrected chi connectivity index (χ1v) is 5.66. The lowest BCUT2D eigenvalue weighted by Gasteiger charge is -2.15. The minimum atomic E-state index is 0.252. The van der Waals surface area contributed by atoms with E-state index in [-0.39, 0.29) is 6.04 Å². The lowest BCUT2D eigenvalue weighted by atomic mass is 10.0. The Kier molecular flexibility index (Phi) is 4.27.